The number of carbonyl (C=O) groups is 2. The number of carboxylic acid groups (broad SMARTS) is 1. The SMILES string of the molecule is COC1=CCC2CN(C(=O)[C@H](O[C@H]3C[C@@H](O)C3)c3ccccc3)[C@H](C(=O)O)CC2=C1OCc1ccccc1. The number of piperidine rings is 1. The lowest BCUT2D eigenvalue weighted by atomic mass is 9.80. The van der Waals surface area contributed by atoms with Crippen molar-refractivity contribution in [2.45, 2.75) is 56.6 Å². The Morgan fingerprint density at radius 3 is 2.37 bits per heavy atom. The van der Waals surface area contributed by atoms with Crippen LogP contribution in [0.5, 0.6) is 0 Å². The molecule has 3 aliphatic rings. The van der Waals surface area contributed by atoms with E-state index in [1.165, 1.54) is 4.90 Å². The van der Waals surface area contributed by atoms with Gasteiger partial charge >= 0.3 is 5.97 Å². The van der Waals surface area contributed by atoms with Crippen molar-refractivity contribution in [3.63, 3.8) is 0 Å². The number of aliphatic hydroxyl groups is 1. The van der Waals surface area contributed by atoms with E-state index in [0.29, 0.717) is 43.0 Å². The van der Waals surface area contributed by atoms with Gasteiger partial charge in [0.05, 0.1) is 19.3 Å². The molecule has 8 heteroatoms. The van der Waals surface area contributed by atoms with Gasteiger partial charge in [-0.15, -0.1) is 0 Å². The van der Waals surface area contributed by atoms with Gasteiger partial charge in [0.1, 0.15) is 12.6 Å². The molecule has 1 amide bonds. The maximum atomic E-state index is 13.9. The van der Waals surface area contributed by atoms with Crippen molar-refractivity contribution in [3.05, 3.63) is 95.0 Å². The molecule has 1 aliphatic heterocycles. The molecule has 2 aromatic carbocycles. The molecule has 0 aromatic heterocycles. The standard InChI is InChI=1S/C30H33NO7/c1-36-26-13-12-21-17-31(29(33)27(20-10-6-3-7-11-20)38-23-14-22(32)15-23)25(30(34)35)16-24(21)28(26)37-18-19-8-4-2-5-9-19/h2-11,13,21-23,25,27,32H,12,14-18H2,1H3,(H,34,35)/t21?,22-,23+,25-,27+/m0/s1. The summed E-state index contributed by atoms with van der Waals surface area (Å²) in [4.78, 5) is 27.9. The highest BCUT2D eigenvalue weighted by Crippen LogP contribution is 2.41. The minimum Gasteiger partial charge on any atom is -0.493 e. The van der Waals surface area contributed by atoms with Crippen LogP contribution in [0.1, 0.15) is 42.9 Å². The maximum absolute atomic E-state index is 13.9. The Labute approximate surface area is 222 Å². The third kappa shape index (κ3) is 5.47. The second kappa shape index (κ2) is 11.4. The van der Waals surface area contributed by atoms with Crippen molar-refractivity contribution in [2.24, 2.45) is 5.92 Å². The van der Waals surface area contributed by atoms with Crippen molar-refractivity contribution in [3.8, 4) is 0 Å². The van der Waals surface area contributed by atoms with Gasteiger partial charge in [-0.05, 0) is 42.0 Å². The molecule has 5 rings (SSSR count). The Hall–Kier alpha value is -3.62. The number of hydrogen-bond acceptors (Lipinski definition) is 6. The number of aliphatic hydroxyl groups excluding tert-OH is 1. The fourth-order valence-corrected chi connectivity index (χ4v) is 5.39. The van der Waals surface area contributed by atoms with Crippen LogP contribution in [0.25, 0.3) is 0 Å². The molecule has 1 unspecified atom stereocenters. The van der Waals surface area contributed by atoms with E-state index in [4.69, 9.17) is 14.2 Å². The molecule has 2 N–H and O–H groups in total. The first-order chi connectivity index (χ1) is 18.4. The number of fused-ring (bicyclic) bond motifs is 1. The summed E-state index contributed by atoms with van der Waals surface area (Å²) in [6.07, 6.45) is 1.99. The van der Waals surface area contributed by atoms with Crippen molar-refractivity contribution < 1.29 is 34.0 Å². The topological polar surface area (TPSA) is 106 Å². The summed E-state index contributed by atoms with van der Waals surface area (Å²) in [7, 11) is 1.57. The van der Waals surface area contributed by atoms with E-state index in [9.17, 15) is 19.8 Å². The molecule has 0 radical (unpaired) electrons. The van der Waals surface area contributed by atoms with Crippen LogP contribution in [0.15, 0.2) is 83.8 Å². The average Bonchev–Trinajstić information content (AvgIpc) is 2.93. The first-order valence-corrected chi connectivity index (χ1v) is 13.0. The molecule has 1 heterocycles. The smallest absolute Gasteiger partial charge is 0.326 e. The van der Waals surface area contributed by atoms with Crippen LogP contribution in [0, 0.1) is 5.92 Å². The van der Waals surface area contributed by atoms with E-state index in [0.717, 1.165) is 11.1 Å². The number of carbonyl (C=O) groups excluding carboxylic acids is 1. The van der Waals surface area contributed by atoms with E-state index in [2.05, 4.69) is 0 Å². The number of nitrogens with zero attached hydrogens (tertiary/aromatic N) is 1. The lowest BCUT2D eigenvalue weighted by Gasteiger charge is -2.43. The van der Waals surface area contributed by atoms with Gasteiger partial charge in [-0.3, -0.25) is 4.79 Å². The molecule has 0 bridgehead atoms. The first kappa shape index (κ1) is 26.0. The molecular formula is C30H33NO7. The van der Waals surface area contributed by atoms with Gasteiger partial charge in [0.25, 0.3) is 5.91 Å². The summed E-state index contributed by atoms with van der Waals surface area (Å²) in [6, 6.07) is 17.8. The molecule has 2 aromatic rings. The maximum Gasteiger partial charge on any atom is 0.326 e. The Bertz CT molecular complexity index is 1200. The van der Waals surface area contributed by atoms with E-state index in [1.54, 1.807) is 7.11 Å². The van der Waals surface area contributed by atoms with Crippen molar-refractivity contribution in [2.75, 3.05) is 13.7 Å². The number of allylic oxidation sites excluding steroid dienone is 1. The van der Waals surface area contributed by atoms with E-state index in [1.807, 2.05) is 66.7 Å². The van der Waals surface area contributed by atoms with Crippen LogP contribution in [-0.2, 0) is 30.4 Å². The number of methoxy groups -OCH3 is 1. The van der Waals surface area contributed by atoms with E-state index >= 15 is 0 Å². The predicted octanol–water partition coefficient (Wildman–Crippen LogP) is 3.97. The Morgan fingerprint density at radius 2 is 1.74 bits per heavy atom. The monoisotopic (exact) mass is 519 g/mol. The van der Waals surface area contributed by atoms with Crippen molar-refractivity contribution in [1.29, 1.82) is 0 Å². The second-order valence-corrected chi connectivity index (χ2v) is 10.1. The zero-order chi connectivity index (χ0) is 26.6. The highest BCUT2D eigenvalue weighted by molar-refractivity contribution is 5.88. The normalized spacial score (nSPS) is 25.5. The van der Waals surface area contributed by atoms with Gasteiger partial charge < -0.3 is 29.3 Å². The van der Waals surface area contributed by atoms with Crippen molar-refractivity contribution in [1.82, 2.24) is 4.90 Å². The highest BCUT2D eigenvalue weighted by Gasteiger charge is 2.45. The summed E-state index contributed by atoms with van der Waals surface area (Å²) >= 11 is 0. The number of ether oxygens (including phenoxy) is 3. The Kier molecular flexibility index (Phi) is 7.81. The number of aliphatic carboxylic acids is 1. The van der Waals surface area contributed by atoms with Crippen LogP contribution < -0.4 is 0 Å². The number of rotatable bonds is 9. The molecule has 8 nitrogen and oxygen atoms in total. The van der Waals surface area contributed by atoms with E-state index < -0.39 is 24.2 Å². The number of amides is 1. The Morgan fingerprint density at radius 1 is 1.05 bits per heavy atom. The predicted molar refractivity (Wildman–Crippen MR) is 139 cm³/mol. The van der Waals surface area contributed by atoms with Gasteiger partial charge in [-0.2, -0.15) is 0 Å². The number of benzene rings is 2. The third-order valence-electron chi connectivity index (χ3n) is 7.54. The quantitative estimate of drug-likeness (QED) is 0.516. The minimum atomic E-state index is -1.08. The van der Waals surface area contributed by atoms with Crippen molar-refractivity contribution >= 4 is 11.9 Å². The largest absolute Gasteiger partial charge is 0.493 e. The summed E-state index contributed by atoms with van der Waals surface area (Å²) in [6.45, 7) is 0.557. The number of carboxylic acids is 1. The third-order valence-corrected chi connectivity index (χ3v) is 7.54. The molecule has 1 saturated carbocycles. The molecule has 38 heavy (non-hydrogen) atoms. The molecule has 200 valence electrons. The molecule has 0 spiro atoms. The van der Waals surface area contributed by atoms with Gasteiger partial charge in [0.2, 0.25) is 0 Å². The fourth-order valence-electron chi connectivity index (χ4n) is 5.39. The van der Waals surface area contributed by atoms with Crippen LogP contribution >= 0.6 is 0 Å². The first-order valence-electron chi connectivity index (χ1n) is 13.0. The van der Waals surface area contributed by atoms with Gasteiger partial charge in [-0.25, -0.2) is 4.79 Å². The summed E-state index contributed by atoms with van der Waals surface area (Å²) in [5, 5.41) is 19.9. The molecule has 2 fully saturated rings. The second-order valence-electron chi connectivity index (χ2n) is 10.1. The highest BCUT2D eigenvalue weighted by atomic mass is 16.5. The molecule has 2 aliphatic carbocycles. The van der Waals surface area contributed by atoms with Crippen LogP contribution in [0.4, 0.5) is 0 Å². The minimum absolute atomic E-state index is 0.0961. The summed E-state index contributed by atoms with van der Waals surface area (Å²) < 4.78 is 17.9. The van der Waals surface area contributed by atoms with Gasteiger partial charge in [0.15, 0.2) is 17.6 Å². The summed E-state index contributed by atoms with van der Waals surface area (Å²) in [5.41, 5.74) is 2.52. The van der Waals surface area contributed by atoms with Crippen LogP contribution in [-0.4, -0.2) is 58.9 Å². The lowest BCUT2D eigenvalue weighted by molar-refractivity contribution is -0.167. The van der Waals surface area contributed by atoms with Gasteiger partial charge in [-0.1, -0.05) is 60.7 Å². The zero-order valence-corrected chi connectivity index (χ0v) is 21.4. The summed E-state index contributed by atoms with van der Waals surface area (Å²) in [5.74, 6) is -0.403. The van der Waals surface area contributed by atoms with Gasteiger partial charge in [0, 0.05) is 18.9 Å². The van der Waals surface area contributed by atoms with Crippen LogP contribution in [0.3, 0.4) is 0 Å². The number of likely N-dealkylation sites (tertiary alicyclic amines) is 1. The molecule has 1 saturated heterocycles. The Balaban J connectivity index is 1.41. The lowest BCUT2D eigenvalue weighted by Crippen LogP contribution is -2.54. The average molecular weight is 520 g/mol. The zero-order valence-electron chi connectivity index (χ0n) is 21.4. The van der Waals surface area contributed by atoms with E-state index in [-0.39, 0.29) is 30.9 Å². The molecule has 3 atom stereocenters. The number of hydrogen-bond donors (Lipinski definition) is 2. The molecular weight excluding hydrogens is 486 g/mol. The fraction of sp³-hybridized carbons (Fsp3) is 0.400. The van der Waals surface area contributed by atoms with Crippen LogP contribution in [0.2, 0.25) is 0 Å².